The number of aromatic nitrogens is 4. The van der Waals surface area contributed by atoms with Gasteiger partial charge in [-0.05, 0) is 71.1 Å². The number of hydrogen-bond acceptors (Lipinski definition) is 11. The number of ether oxygens (including phenoxy) is 3. The molecule has 0 fully saturated rings. The van der Waals surface area contributed by atoms with Crippen molar-refractivity contribution in [2.45, 2.75) is 78.4 Å². The highest BCUT2D eigenvalue weighted by Gasteiger charge is 2.20. The number of rotatable bonds is 19. The molecule has 46 heavy (non-hydrogen) atoms. The van der Waals surface area contributed by atoms with E-state index in [-0.39, 0.29) is 50.3 Å². The lowest BCUT2D eigenvalue weighted by molar-refractivity contribution is -0.129. The number of nitrogens with one attached hydrogen (secondary N) is 4. The zero-order chi connectivity index (χ0) is 34.0. The van der Waals surface area contributed by atoms with Gasteiger partial charge in [-0.3, -0.25) is 14.4 Å². The van der Waals surface area contributed by atoms with E-state index in [9.17, 15) is 19.2 Å². The van der Waals surface area contributed by atoms with Gasteiger partial charge in [-0.1, -0.05) is 12.1 Å². The SMILES string of the molecule is COCCNC(=O)[C@H](CCCCNC(=O)OC(C)(C)C)NC(=O)CCOCCNC(=O)Cc1ccc(-c2nnc(C)nn2)cc1C. The van der Waals surface area contributed by atoms with E-state index in [0.717, 1.165) is 16.7 Å². The highest BCUT2D eigenvalue weighted by atomic mass is 16.6. The maximum absolute atomic E-state index is 12.7. The summed E-state index contributed by atoms with van der Waals surface area (Å²) in [6, 6.07) is 4.84. The third-order valence-electron chi connectivity index (χ3n) is 6.42. The molecule has 0 saturated heterocycles. The maximum atomic E-state index is 12.7. The molecular weight excluding hydrogens is 596 g/mol. The molecule has 0 unspecified atom stereocenters. The Morgan fingerprint density at radius 2 is 1.57 bits per heavy atom. The van der Waals surface area contributed by atoms with Gasteiger partial charge >= 0.3 is 6.09 Å². The zero-order valence-electron chi connectivity index (χ0n) is 27.7. The summed E-state index contributed by atoms with van der Waals surface area (Å²) in [5.74, 6) is 0.111. The minimum atomic E-state index is -0.736. The van der Waals surface area contributed by atoms with Crippen LogP contribution in [0.15, 0.2) is 18.2 Å². The molecule has 0 bridgehead atoms. The highest BCUT2D eigenvalue weighted by Crippen LogP contribution is 2.18. The monoisotopic (exact) mass is 644 g/mol. The van der Waals surface area contributed by atoms with Crippen molar-refractivity contribution < 1.29 is 33.4 Å². The van der Waals surface area contributed by atoms with Crippen LogP contribution in [0.2, 0.25) is 0 Å². The number of carbonyl (C=O) groups is 4. The van der Waals surface area contributed by atoms with Crippen LogP contribution in [0.25, 0.3) is 11.4 Å². The van der Waals surface area contributed by atoms with E-state index in [0.29, 0.717) is 50.6 Å². The van der Waals surface area contributed by atoms with E-state index in [1.165, 1.54) is 7.11 Å². The summed E-state index contributed by atoms with van der Waals surface area (Å²) in [5.41, 5.74) is 1.97. The zero-order valence-corrected chi connectivity index (χ0v) is 27.7. The van der Waals surface area contributed by atoms with Crippen LogP contribution < -0.4 is 21.3 Å². The number of aryl methyl sites for hydroxylation is 2. The van der Waals surface area contributed by atoms with E-state index in [2.05, 4.69) is 41.7 Å². The second-order valence-electron chi connectivity index (χ2n) is 11.6. The Bertz CT molecular complexity index is 1270. The van der Waals surface area contributed by atoms with Gasteiger partial charge in [0, 0.05) is 38.7 Å². The Kier molecular flexibility index (Phi) is 16.5. The fourth-order valence-electron chi connectivity index (χ4n) is 4.11. The Hall–Kier alpha value is -4.24. The average molecular weight is 645 g/mol. The summed E-state index contributed by atoms with van der Waals surface area (Å²) >= 11 is 0. The van der Waals surface area contributed by atoms with Crippen molar-refractivity contribution in [3.05, 3.63) is 35.2 Å². The second kappa shape index (κ2) is 20.0. The smallest absolute Gasteiger partial charge is 0.407 e. The lowest BCUT2D eigenvalue weighted by Crippen LogP contribution is -2.47. The van der Waals surface area contributed by atoms with Crippen LogP contribution in [0, 0.1) is 13.8 Å². The lowest BCUT2D eigenvalue weighted by Gasteiger charge is -2.20. The first-order chi connectivity index (χ1) is 21.9. The largest absolute Gasteiger partial charge is 0.444 e. The first-order valence-corrected chi connectivity index (χ1v) is 15.4. The number of nitrogens with zero attached hydrogens (tertiary/aromatic N) is 4. The molecule has 254 valence electrons. The first kappa shape index (κ1) is 37.9. The van der Waals surface area contributed by atoms with Gasteiger partial charge in [-0.25, -0.2) is 4.79 Å². The number of unbranched alkanes of at least 4 members (excludes halogenated alkanes) is 1. The van der Waals surface area contributed by atoms with Crippen LogP contribution in [-0.2, 0) is 35.0 Å². The lowest BCUT2D eigenvalue weighted by atomic mass is 10.0. The van der Waals surface area contributed by atoms with Gasteiger partial charge in [0.05, 0.1) is 26.2 Å². The van der Waals surface area contributed by atoms with Crippen molar-refractivity contribution in [2.24, 2.45) is 0 Å². The Morgan fingerprint density at radius 1 is 0.848 bits per heavy atom. The van der Waals surface area contributed by atoms with Crippen LogP contribution in [0.1, 0.15) is 63.4 Å². The molecule has 0 aliphatic rings. The molecule has 1 aromatic heterocycles. The predicted molar refractivity (Wildman–Crippen MR) is 170 cm³/mol. The minimum Gasteiger partial charge on any atom is -0.444 e. The molecule has 15 heteroatoms. The van der Waals surface area contributed by atoms with Crippen molar-refractivity contribution in [1.29, 1.82) is 0 Å². The molecular formula is C31H48N8O7. The molecule has 0 spiro atoms. The van der Waals surface area contributed by atoms with Crippen molar-refractivity contribution in [3.63, 3.8) is 0 Å². The second-order valence-corrected chi connectivity index (χ2v) is 11.6. The molecule has 0 radical (unpaired) electrons. The number of methoxy groups -OCH3 is 1. The average Bonchev–Trinajstić information content (AvgIpc) is 2.98. The number of amides is 4. The number of alkyl carbamates (subject to hydrolysis) is 1. The van der Waals surface area contributed by atoms with Crippen molar-refractivity contribution in [2.75, 3.05) is 46.6 Å². The third kappa shape index (κ3) is 15.7. The molecule has 1 atom stereocenters. The molecule has 1 heterocycles. The molecule has 4 amide bonds. The molecule has 15 nitrogen and oxygen atoms in total. The van der Waals surface area contributed by atoms with Gasteiger partial charge in [0.15, 0.2) is 5.82 Å². The third-order valence-corrected chi connectivity index (χ3v) is 6.42. The molecule has 0 saturated carbocycles. The van der Waals surface area contributed by atoms with E-state index in [1.807, 2.05) is 25.1 Å². The summed E-state index contributed by atoms with van der Waals surface area (Å²) in [6.07, 6.45) is 1.34. The quantitative estimate of drug-likeness (QED) is 0.162. The van der Waals surface area contributed by atoms with E-state index in [1.54, 1.807) is 27.7 Å². The predicted octanol–water partition coefficient (Wildman–Crippen LogP) is 1.56. The number of carbonyl (C=O) groups excluding carboxylic acids is 4. The minimum absolute atomic E-state index is 0.0529. The number of benzene rings is 1. The van der Waals surface area contributed by atoms with Crippen LogP contribution >= 0.6 is 0 Å². The normalized spacial score (nSPS) is 11.8. The van der Waals surface area contributed by atoms with Gasteiger partial charge < -0.3 is 35.5 Å². The van der Waals surface area contributed by atoms with Crippen molar-refractivity contribution in [1.82, 2.24) is 41.7 Å². The molecule has 2 aromatic rings. The molecule has 2 rings (SSSR count). The van der Waals surface area contributed by atoms with Gasteiger partial charge in [0.2, 0.25) is 23.5 Å². The summed E-state index contributed by atoms with van der Waals surface area (Å²) in [7, 11) is 1.54. The molecule has 4 N–H and O–H groups in total. The van der Waals surface area contributed by atoms with Gasteiger partial charge in [0.25, 0.3) is 0 Å². The fraction of sp³-hybridized carbons (Fsp3) is 0.613. The van der Waals surface area contributed by atoms with Crippen LogP contribution in [-0.4, -0.2) is 102 Å². The summed E-state index contributed by atoms with van der Waals surface area (Å²) in [6.45, 7) is 10.7. The van der Waals surface area contributed by atoms with Crippen LogP contribution in [0.3, 0.4) is 0 Å². The van der Waals surface area contributed by atoms with E-state index >= 15 is 0 Å². The van der Waals surface area contributed by atoms with E-state index in [4.69, 9.17) is 14.2 Å². The summed E-state index contributed by atoms with van der Waals surface area (Å²) < 4.78 is 15.7. The summed E-state index contributed by atoms with van der Waals surface area (Å²) in [5, 5.41) is 27.0. The van der Waals surface area contributed by atoms with Crippen molar-refractivity contribution >= 4 is 23.8 Å². The molecule has 1 aromatic carbocycles. The standard InChI is InChI=1S/C31H48N8O7/c1-21-19-24(28-38-36-22(2)37-39-28)11-10-23(21)20-27(41)32-15-18-45-16-12-26(40)35-25(29(42)33-14-17-44-6)9-7-8-13-34-30(43)46-31(3,4)5/h10-11,19,25H,7-9,12-18,20H2,1-6H3,(H,32,41)(H,33,42)(H,34,43)(H,35,40)/t25-/m0/s1. The summed E-state index contributed by atoms with van der Waals surface area (Å²) in [4.78, 5) is 49.4. The Balaban J connectivity index is 1.68. The Labute approximate surface area is 270 Å². The van der Waals surface area contributed by atoms with E-state index < -0.39 is 17.7 Å². The first-order valence-electron chi connectivity index (χ1n) is 15.4. The highest BCUT2D eigenvalue weighted by molar-refractivity contribution is 5.87. The van der Waals surface area contributed by atoms with Gasteiger partial charge in [-0.15, -0.1) is 20.4 Å². The van der Waals surface area contributed by atoms with Gasteiger partial charge in [-0.2, -0.15) is 0 Å². The maximum Gasteiger partial charge on any atom is 0.407 e. The van der Waals surface area contributed by atoms with Crippen LogP contribution in [0.4, 0.5) is 4.79 Å². The number of hydrogen-bond donors (Lipinski definition) is 4. The molecule has 0 aliphatic heterocycles. The topological polar surface area (TPSA) is 196 Å². The van der Waals surface area contributed by atoms with Gasteiger partial charge in [0.1, 0.15) is 11.6 Å². The van der Waals surface area contributed by atoms with Crippen LogP contribution in [0.5, 0.6) is 0 Å². The van der Waals surface area contributed by atoms with Crippen molar-refractivity contribution in [3.8, 4) is 11.4 Å². The fourth-order valence-corrected chi connectivity index (χ4v) is 4.11. The molecule has 0 aliphatic carbocycles. The Morgan fingerprint density at radius 3 is 2.24 bits per heavy atom.